The van der Waals surface area contributed by atoms with Gasteiger partial charge in [-0.15, -0.1) is 0 Å². The highest BCUT2D eigenvalue weighted by molar-refractivity contribution is 8.13. The van der Waals surface area contributed by atoms with Gasteiger partial charge >= 0.3 is 6.18 Å². The molecule has 0 saturated heterocycles. The normalized spacial score (nSPS) is 12.3. The summed E-state index contributed by atoms with van der Waals surface area (Å²) in [6.07, 6.45) is -4.61. The lowest BCUT2D eigenvalue weighted by atomic mass is 10.1. The first-order valence-corrected chi connectivity index (χ1v) is 9.66. The minimum Gasteiger partial charge on any atom is -0.233 e. The zero-order valence-corrected chi connectivity index (χ0v) is 14.9. The fourth-order valence-electron chi connectivity index (χ4n) is 2.40. The molecular formula is C17H12ClF3N2O2S. The Morgan fingerprint density at radius 2 is 1.58 bits per heavy atom. The third-order valence-electron chi connectivity index (χ3n) is 3.71. The van der Waals surface area contributed by atoms with E-state index in [4.69, 9.17) is 10.7 Å². The largest absolute Gasteiger partial charge is 0.435 e. The van der Waals surface area contributed by atoms with E-state index in [1.54, 1.807) is 24.3 Å². The maximum atomic E-state index is 13.1. The highest BCUT2D eigenvalue weighted by atomic mass is 35.7. The Labute approximate surface area is 152 Å². The number of halogens is 4. The first-order chi connectivity index (χ1) is 12.1. The van der Waals surface area contributed by atoms with Crippen molar-refractivity contribution in [1.82, 2.24) is 9.78 Å². The van der Waals surface area contributed by atoms with Crippen LogP contribution in [-0.2, 0) is 15.2 Å². The van der Waals surface area contributed by atoms with E-state index in [2.05, 4.69) is 5.10 Å². The van der Waals surface area contributed by atoms with E-state index in [1.807, 2.05) is 6.92 Å². The summed E-state index contributed by atoms with van der Waals surface area (Å²) >= 11 is 0. The molecule has 2 aromatic carbocycles. The van der Waals surface area contributed by atoms with Crippen LogP contribution in [-0.4, -0.2) is 18.2 Å². The summed E-state index contributed by atoms with van der Waals surface area (Å²) in [7, 11) is 1.34. The number of aromatic nitrogens is 2. The smallest absolute Gasteiger partial charge is 0.233 e. The van der Waals surface area contributed by atoms with Crippen LogP contribution >= 0.6 is 10.7 Å². The van der Waals surface area contributed by atoms with Gasteiger partial charge in [0.15, 0.2) is 5.69 Å². The van der Waals surface area contributed by atoms with Crippen LogP contribution in [0.15, 0.2) is 59.5 Å². The van der Waals surface area contributed by atoms with Gasteiger partial charge in [-0.25, -0.2) is 13.1 Å². The van der Waals surface area contributed by atoms with Crippen LogP contribution in [0.5, 0.6) is 0 Å². The Morgan fingerprint density at radius 1 is 1.00 bits per heavy atom. The molecular weight excluding hydrogens is 389 g/mol. The minimum absolute atomic E-state index is 0.150. The zero-order valence-electron chi connectivity index (χ0n) is 13.3. The molecule has 0 fully saturated rings. The number of rotatable bonds is 3. The lowest BCUT2D eigenvalue weighted by Gasteiger charge is -2.08. The standard InChI is InChI=1S/C17H12ClF3N2O2S/c1-11-2-4-12(5-3-11)15-10-16(17(19,20)21)22-23(15)13-6-8-14(9-7-13)26(18,24)25/h2-10H,1H3. The number of hydrogen-bond donors (Lipinski definition) is 0. The monoisotopic (exact) mass is 400 g/mol. The molecule has 4 nitrogen and oxygen atoms in total. The number of benzene rings is 2. The molecule has 0 aliphatic rings. The van der Waals surface area contributed by atoms with Gasteiger partial charge in [-0.1, -0.05) is 29.8 Å². The Bertz CT molecular complexity index is 1040. The lowest BCUT2D eigenvalue weighted by molar-refractivity contribution is -0.141. The quantitative estimate of drug-likeness (QED) is 0.594. The number of alkyl halides is 3. The van der Waals surface area contributed by atoms with Crippen LogP contribution < -0.4 is 0 Å². The molecule has 3 aromatic rings. The van der Waals surface area contributed by atoms with Gasteiger partial charge in [-0.3, -0.25) is 0 Å². The van der Waals surface area contributed by atoms with Gasteiger partial charge < -0.3 is 0 Å². The van der Waals surface area contributed by atoms with E-state index in [9.17, 15) is 21.6 Å². The minimum atomic E-state index is -4.61. The molecule has 0 N–H and O–H groups in total. The number of hydrogen-bond acceptors (Lipinski definition) is 3. The molecule has 26 heavy (non-hydrogen) atoms. The predicted molar refractivity (Wildman–Crippen MR) is 91.8 cm³/mol. The maximum absolute atomic E-state index is 13.1. The molecule has 0 aliphatic carbocycles. The Morgan fingerprint density at radius 3 is 2.08 bits per heavy atom. The molecule has 9 heteroatoms. The summed E-state index contributed by atoms with van der Waals surface area (Å²) in [6.45, 7) is 1.87. The second kappa shape index (κ2) is 6.44. The van der Waals surface area contributed by atoms with Crippen LogP contribution in [0.1, 0.15) is 11.3 Å². The van der Waals surface area contributed by atoms with Crippen molar-refractivity contribution in [3.05, 3.63) is 65.9 Å². The van der Waals surface area contributed by atoms with E-state index >= 15 is 0 Å². The van der Waals surface area contributed by atoms with Gasteiger partial charge in [0.2, 0.25) is 0 Å². The van der Waals surface area contributed by atoms with Crippen molar-refractivity contribution in [2.75, 3.05) is 0 Å². The third-order valence-corrected chi connectivity index (χ3v) is 5.08. The second-order valence-corrected chi connectivity index (χ2v) is 8.19. The van der Waals surface area contributed by atoms with Crippen molar-refractivity contribution in [1.29, 1.82) is 0 Å². The Hall–Kier alpha value is -2.32. The molecule has 0 unspecified atom stereocenters. The van der Waals surface area contributed by atoms with Crippen LogP contribution in [0.2, 0.25) is 0 Å². The van der Waals surface area contributed by atoms with E-state index in [1.165, 1.54) is 24.3 Å². The molecule has 0 spiro atoms. The van der Waals surface area contributed by atoms with Crippen molar-refractivity contribution in [3.63, 3.8) is 0 Å². The molecule has 0 bridgehead atoms. The van der Waals surface area contributed by atoms with Gasteiger partial charge in [-0.05, 0) is 37.3 Å². The summed E-state index contributed by atoms with van der Waals surface area (Å²) < 4.78 is 63.2. The molecule has 0 radical (unpaired) electrons. The maximum Gasteiger partial charge on any atom is 0.435 e. The van der Waals surface area contributed by atoms with Gasteiger partial charge in [0.1, 0.15) is 0 Å². The van der Waals surface area contributed by atoms with Crippen LogP contribution in [0.25, 0.3) is 16.9 Å². The lowest BCUT2D eigenvalue weighted by Crippen LogP contribution is -2.07. The van der Waals surface area contributed by atoms with Gasteiger partial charge in [0, 0.05) is 16.2 Å². The van der Waals surface area contributed by atoms with Crippen molar-refractivity contribution in [2.24, 2.45) is 0 Å². The molecule has 1 aromatic heterocycles. The fourth-order valence-corrected chi connectivity index (χ4v) is 3.17. The van der Waals surface area contributed by atoms with Crippen LogP contribution in [0.3, 0.4) is 0 Å². The topological polar surface area (TPSA) is 52.0 Å². The van der Waals surface area contributed by atoms with Crippen LogP contribution in [0.4, 0.5) is 13.2 Å². The molecule has 1 heterocycles. The summed E-state index contributed by atoms with van der Waals surface area (Å²) in [5, 5.41) is 3.65. The predicted octanol–water partition coefficient (Wildman–Crippen LogP) is 4.79. The van der Waals surface area contributed by atoms with E-state index in [-0.39, 0.29) is 16.3 Å². The number of aryl methyl sites for hydroxylation is 1. The van der Waals surface area contributed by atoms with E-state index < -0.39 is 20.9 Å². The van der Waals surface area contributed by atoms with Crippen LogP contribution in [0, 0.1) is 6.92 Å². The average Bonchev–Trinajstić information content (AvgIpc) is 3.00. The first kappa shape index (κ1) is 18.5. The summed E-state index contributed by atoms with van der Waals surface area (Å²) in [4.78, 5) is -0.150. The van der Waals surface area contributed by atoms with Crippen molar-refractivity contribution in [3.8, 4) is 16.9 Å². The van der Waals surface area contributed by atoms with Crippen molar-refractivity contribution < 1.29 is 21.6 Å². The highest BCUT2D eigenvalue weighted by Gasteiger charge is 2.35. The highest BCUT2D eigenvalue weighted by Crippen LogP contribution is 2.33. The van der Waals surface area contributed by atoms with Crippen molar-refractivity contribution in [2.45, 2.75) is 18.0 Å². The Kier molecular flexibility index (Phi) is 4.58. The molecule has 0 amide bonds. The molecule has 0 aliphatic heterocycles. The third kappa shape index (κ3) is 3.76. The zero-order chi connectivity index (χ0) is 19.1. The second-order valence-electron chi connectivity index (χ2n) is 5.62. The molecule has 0 saturated carbocycles. The first-order valence-electron chi connectivity index (χ1n) is 7.35. The average molecular weight is 401 g/mol. The summed E-state index contributed by atoms with van der Waals surface area (Å²) in [5.74, 6) is 0. The SMILES string of the molecule is Cc1ccc(-c2cc(C(F)(F)F)nn2-c2ccc(S(=O)(=O)Cl)cc2)cc1. The number of nitrogens with zero attached hydrogens (tertiary/aromatic N) is 2. The molecule has 136 valence electrons. The van der Waals surface area contributed by atoms with Crippen molar-refractivity contribution >= 4 is 19.7 Å². The van der Waals surface area contributed by atoms with Gasteiger partial charge in [-0.2, -0.15) is 18.3 Å². The Balaban J connectivity index is 2.16. The molecule has 3 rings (SSSR count). The van der Waals surface area contributed by atoms with Gasteiger partial charge in [0.05, 0.1) is 16.3 Å². The van der Waals surface area contributed by atoms with E-state index in [0.717, 1.165) is 16.3 Å². The summed E-state index contributed by atoms with van der Waals surface area (Å²) in [6, 6.07) is 13.0. The molecule has 0 atom stereocenters. The fraction of sp³-hybridized carbons (Fsp3) is 0.118. The van der Waals surface area contributed by atoms with E-state index in [0.29, 0.717) is 5.56 Å². The van der Waals surface area contributed by atoms with Gasteiger partial charge in [0.25, 0.3) is 9.05 Å². The summed E-state index contributed by atoms with van der Waals surface area (Å²) in [5.41, 5.74) is 0.987.